The Morgan fingerprint density at radius 1 is 1.03 bits per heavy atom. The third-order valence-electron chi connectivity index (χ3n) is 6.65. The first-order valence-electron chi connectivity index (χ1n) is 11.9. The minimum atomic E-state index is -3.59. The lowest BCUT2D eigenvalue weighted by atomic mass is 9.98. The van der Waals surface area contributed by atoms with Crippen LogP contribution >= 0.6 is 0 Å². The van der Waals surface area contributed by atoms with Crippen molar-refractivity contribution in [1.82, 2.24) is 4.31 Å². The Morgan fingerprint density at radius 3 is 2.38 bits per heavy atom. The molecule has 1 aliphatic carbocycles. The first-order valence-corrected chi connectivity index (χ1v) is 13.4. The predicted octanol–water partition coefficient (Wildman–Crippen LogP) is 3.56. The molecule has 4 rings (SSSR count). The number of ether oxygens (including phenoxy) is 1. The minimum absolute atomic E-state index is 0.0822. The number of piperidine rings is 1. The molecule has 0 atom stereocenters. The molecule has 0 radical (unpaired) electrons. The predicted molar refractivity (Wildman–Crippen MR) is 130 cm³/mol. The molecule has 8 heteroatoms. The molecule has 0 N–H and O–H groups in total. The van der Waals surface area contributed by atoms with E-state index in [0.29, 0.717) is 17.7 Å². The standard InChI is InChI=1S/C26H32N2O5S/c1-19(2)28(23-9-4-3-5-10-23)25(29)18-33-26(30)21-13-15-27(16-14-21)34(31,32)24-12-11-20-7-6-8-22(20)17-24/h3-5,9-12,17,19,21H,6-8,13-16,18H2,1-2H3. The van der Waals surface area contributed by atoms with Crippen molar-refractivity contribution in [3.8, 4) is 0 Å². The number of para-hydroxylation sites is 1. The quantitative estimate of drug-likeness (QED) is 0.561. The van der Waals surface area contributed by atoms with Gasteiger partial charge in [0, 0.05) is 24.8 Å². The van der Waals surface area contributed by atoms with Crippen molar-refractivity contribution in [2.24, 2.45) is 5.92 Å². The van der Waals surface area contributed by atoms with Gasteiger partial charge in [0.05, 0.1) is 10.8 Å². The minimum Gasteiger partial charge on any atom is -0.455 e. The summed E-state index contributed by atoms with van der Waals surface area (Å²) in [5.41, 5.74) is 3.11. The van der Waals surface area contributed by atoms with Gasteiger partial charge in [-0.2, -0.15) is 4.31 Å². The fourth-order valence-electron chi connectivity index (χ4n) is 4.83. The van der Waals surface area contributed by atoms with E-state index in [1.54, 1.807) is 17.0 Å². The smallest absolute Gasteiger partial charge is 0.309 e. The summed E-state index contributed by atoms with van der Waals surface area (Å²) in [6.07, 6.45) is 3.75. The SMILES string of the molecule is CC(C)N(C(=O)COC(=O)C1CCN(S(=O)(=O)c2ccc3c(c2)CCC3)CC1)c1ccccc1. The van der Waals surface area contributed by atoms with Crippen LogP contribution < -0.4 is 4.90 Å². The molecule has 0 saturated carbocycles. The molecular weight excluding hydrogens is 452 g/mol. The van der Waals surface area contributed by atoms with Crippen LogP contribution in [0.4, 0.5) is 5.69 Å². The van der Waals surface area contributed by atoms with Crippen LogP contribution in [0, 0.1) is 5.92 Å². The van der Waals surface area contributed by atoms with Gasteiger partial charge in [-0.3, -0.25) is 9.59 Å². The molecule has 0 bridgehead atoms. The van der Waals surface area contributed by atoms with Crippen molar-refractivity contribution in [3.63, 3.8) is 0 Å². The van der Waals surface area contributed by atoms with Crippen LogP contribution in [-0.2, 0) is 37.2 Å². The number of rotatable bonds is 7. The van der Waals surface area contributed by atoms with E-state index in [4.69, 9.17) is 4.74 Å². The van der Waals surface area contributed by atoms with Crippen molar-refractivity contribution < 1.29 is 22.7 Å². The van der Waals surface area contributed by atoms with E-state index in [2.05, 4.69) is 0 Å². The van der Waals surface area contributed by atoms with E-state index < -0.39 is 21.9 Å². The lowest BCUT2D eigenvalue weighted by molar-refractivity contribution is -0.153. The number of esters is 1. The molecule has 1 fully saturated rings. The molecule has 1 aliphatic heterocycles. The van der Waals surface area contributed by atoms with Gasteiger partial charge >= 0.3 is 5.97 Å². The van der Waals surface area contributed by atoms with Crippen LogP contribution in [0.3, 0.4) is 0 Å². The molecule has 0 spiro atoms. The number of hydrogen-bond donors (Lipinski definition) is 0. The molecule has 0 aromatic heterocycles. The molecule has 7 nitrogen and oxygen atoms in total. The fraction of sp³-hybridized carbons (Fsp3) is 0.462. The monoisotopic (exact) mass is 484 g/mol. The molecule has 182 valence electrons. The first kappa shape index (κ1) is 24.4. The van der Waals surface area contributed by atoms with E-state index in [1.807, 2.05) is 50.2 Å². The second-order valence-electron chi connectivity index (χ2n) is 9.26. The zero-order valence-corrected chi connectivity index (χ0v) is 20.6. The number of anilines is 1. The summed E-state index contributed by atoms with van der Waals surface area (Å²) >= 11 is 0. The third-order valence-corrected chi connectivity index (χ3v) is 8.55. The summed E-state index contributed by atoms with van der Waals surface area (Å²) in [5, 5.41) is 0. The number of benzene rings is 2. The van der Waals surface area contributed by atoms with Crippen LogP contribution in [0.2, 0.25) is 0 Å². The number of aryl methyl sites for hydroxylation is 2. The van der Waals surface area contributed by atoms with Crippen molar-refractivity contribution in [2.45, 2.75) is 56.9 Å². The van der Waals surface area contributed by atoms with E-state index >= 15 is 0 Å². The maximum atomic E-state index is 13.1. The summed E-state index contributed by atoms with van der Waals surface area (Å²) in [6, 6.07) is 14.6. The third kappa shape index (κ3) is 5.18. The summed E-state index contributed by atoms with van der Waals surface area (Å²) < 4.78 is 33.0. The van der Waals surface area contributed by atoms with Gasteiger partial charge in [-0.1, -0.05) is 24.3 Å². The van der Waals surface area contributed by atoms with Crippen molar-refractivity contribution in [2.75, 3.05) is 24.6 Å². The van der Waals surface area contributed by atoms with Crippen molar-refractivity contribution >= 4 is 27.6 Å². The number of nitrogens with zero attached hydrogens (tertiary/aromatic N) is 2. The normalized spacial score (nSPS) is 16.9. The molecule has 1 saturated heterocycles. The Hall–Kier alpha value is -2.71. The zero-order valence-electron chi connectivity index (χ0n) is 19.8. The largest absolute Gasteiger partial charge is 0.455 e. The zero-order chi connectivity index (χ0) is 24.3. The molecule has 1 heterocycles. The lowest BCUT2D eigenvalue weighted by Crippen LogP contribution is -2.42. The van der Waals surface area contributed by atoms with Gasteiger partial charge < -0.3 is 9.64 Å². The maximum absolute atomic E-state index is 13.1. The van der Waals surface area contributed by atoms with Gasteiger partial charge in [-0.25, -0.2) is 8.42 Å². The highest BCUT2D eigenvalue weighted by Crippen LogP contribution is 2.29. The topological polar surface area (TPSA) is 84.0 Å². The second-order valence-corrected chi connectivity index (χ2v) is 11.2. The summed E-state index contributed by atoms with van der Waals surface area (Å²) in [5.74, 6) is -1.14. The molecule has 0 unspecified atom stereocenters. The van der Waals surface area contributed by atoms with Crippen LogP contribution in [0.1, 0.15) is 44.2 Å². The van der Waals surface area contributed by atoms with Gasteiger partial charge in [-0.15, -0.1) is 0 Å². The number of fused-ring (bicyclic) bond motifs is 1. The van der Waals surface area contributed by atoms with E-state index in [1.165, 1.54) is 9.87 Å². The van der Waals surface area contributed by atoms with E-state index in [9.17, 15) is 18.0 Å². The Kier molecular flexibility index (Phi) is 7.38. The van der Waals surface area contributed by atoms with Crippen molar-refractivity contribution in [3.05, 3.63) is 59.7 Å². The highest BCUT2D eigenvalue weighted by molar-refractivity contribution is 7.89. The second kappa shape index (κ2) is 10.3. The average molecular weight is 485 g/mol. The number of carbonyl (C=O) groups is 2. The van der Waals surface area contributed by atoms with E-state index in [-0.39, 0.29) is 31.6 Å². The number of hydrogen-bond acceptors (Lipinski definition) is 5. The maximum Gasteiger partial charge on any atom is 0.309 e. The number of carbonyl (C=O) groups excluding carboxylic acids is 2. The molecule has 34 heavy (non-hydrogen) atoms. The number of sulfonamides is 1. The van der Waals surface area contributed by atoms with Crippen LogP contribution in [0.25, 0.3) is 0 Å². The Morgan fingerprint density at radius 2 is 1.71 bits per heavy atom. The summed E-state index contributed by atoms with van der Waals surface area (Å²) in [7, 11) is -3.59. The Labute approximate surface area is 201 Å². The van der Waals surface area contributed by atoms with Crippen LogP contribution in [0.15, 0.2) is 53.4 Å². The van der Waals surface area contributed by atoms with Crippen LogP contribution in [-0.4, -0.2) is 50.3 Å². The van der Waals surface area contributed by atoms with Gasteiger partial charge in [0.25, 0.3) is 5.91 Å². The van der Waals surface area contributed by atoms with Gasteiger partial charge in [-0.05, 0) is 81.3 Å². The number of amides is 1. The first-order chi connectivity index (χ1) is 16.3. The lowest BCUT2D eigenvalue weighted by Gasteiger charge is -2.30. The summed E-state index contributed by atoms with van der Waals surface area (Å²) in [4.78, 5) is 27.3. The Balaban J connectivity index is 1.31. The van der Waals surface area contributed by atoms with E-state index in [0.717, 1.165) is 30.5 Å². The highest BCUT2D eigenvalue weighted by atomic mass is 32.2. The molecular formula is C26H32N2O5S. The van der Waals surface area contributed by atoms with Crippen LogP contribution in [0.5, 0.6) is 0 Å². The fourth-order valence-corrected chi connectivity index (χ4v) is 6.35. The van der Waals surface area contributed by atoms with Gasteiger partial charge in [0.1, 0.15) is 0 Å². The molecule has 2 aromatic rings. The van der Waals surface area contributed by atoms with Crippen molar-refractivity contribution in [1.29, 1.82) is 0 Å². The average Bonchev–Trinajstić information content (AvgIpc) is 3.31. The highest BCUT2D eigenvalue weighted by Gasteiger charge is 2.34. The van der Waals surface area contributed by atoms with Gasteiger partial charge in [0.2, 0.25) is 10.0 Å². The molecule has 2 aromatic carbocycles. The molecule has 1 amide bonds. The summed E-state index contributed by atoms with van der Waals surface area (Å²) in [6.45, 7) is 4.00. The van der Waals surface area contributed by atoms with Gasteiger partial charge in [0.15, 0.2) is 6.61 Å². The molecule has 2 aliphatic rings. The Bertz CT molecular complexity index is 1140.